The molecule has 2 aromatic carbocycles. The second-order valence-electron chi connectivity index (χ2n) is 6.70. The van der Waals surface area contributed by atoms with Crippen LogP contribution < -0.4 is 16.0 Å². The van der Waals surface area contributed by atoms with Crippen molar-refractivity contribution in [3.05, 3.63) is 86.8 Å². The number of furan rings is 1. The molecule has 8 nitrogen and oxygen atoms in total. The maximum atomic E-state index is 12.3. The van der Waals surface area contributed by atoms with Crippen molar-refractivity contribution in [1.82, 2.24) is 5.32 Å². The molecule has 0 saturated heterocycles. The molecule has 3 aromatic rings. The van der Waals surface area contributed by atoms with Crippen molar-refractivity contribution in [2.45, 2.75) is 6.54 Å². The van der Waals surface area contributed by atoms with E-state index in [2.05, 4.69) is 16.0 Å². The fourth-order valence-electron chi connectivity index (χ4n) is 2.60. The van der Waals surface area contributed by atoms with Crippen LogP contribution in [-0.2, 0) is 20.9 Å². The molecule has 0 aliphatic rings. The highest BCUT2D eigenvalue weighted by Gasteiger charge is 2.15. The Morgan fingerprint density at radius 1 is 0.853 bits per heavy atom. The number of nitrogens with zero attached hydrogens (tertiary/aromatic N) is 1. The summed E-state index contributed by atoms with van der Waals surface area (Å²) < 4.78 is 5.51. The van der Waals surface area contributed by atoms with Crippen LogP contribution in [0.15, 0.2) is 64.6 Å². The van der Waals surface area contributed by atoms with E-state index in [0.717, 1.165) is 0 Å². The minimum Gasteiger partial charge on any atom is -0.460 e. The van der Waals surface area contributed by atoms with E-state index in [1.54, 1.807) is 24.3 Å². The van der Waals surface area contributed by atoms with E-state index < -0.39 is 17.7 Å². The summed E-state index contributed by atoms with van der Waals surface area (Å²) in [4.78, 5) is 36.4. The van der Waals surface area contributed by atoms with Gasteiger partial charge in [0.1, 0.15) is 23.2 Å². The molecule has 0 atom stereocenters. The van der Waals surface area contributed by atoms with Crippen molar-refractivity contribution in [2.24, 2.45) is 0 Å². The van der Waals surface area contributed by atoms with E-state index in [-0.39, 0.29) is 22.9 Å². The lowest BCUT2D eigenvalue weighted by Crippen LogP contribution is -2.34. The average Bonchev–Trinajstić information content (AvgIpc) is 3.27. The summed E-state index contributed by atoms with van der Waals surface area (Å²) in [6, 6.07) is 15.7. The summed E-state index contributed by atoms with van der Waals surface area (Å²) in [5.41, 5.74) is 0.583. The zero-order chi connectivity index (χ0) is 24.7. The number of amides is 3. The van der Waals surface area contributed by atoms with Gasteiger partial charge in [-0.25, -0.2) is 0 Å². The van der Waals surface area contributed by atoms with Crippen LogP contribution in [0.3, 0.4) is 0 Å². The summed E-state index contributed by atoms with van der Waals surface area (Å²) >= 11 is 17.5. The first-order valence-electron chi connectivity index (χ1n) is 9.57. The zero-order valence-electron chi connectivity index (χ0n) is 17.2. The third-order valence-electron chi connectivity index (χ3n) is 4.24. The topological polar surface area (TPSA) is 124 Å². The smallest absolute Gasteiger partial charge is 0.313 e. The van der Waals surface area contributed by atoms with Crippen LogP contribution in [-0.4, -0.2) is 17.7 Å². The van der Waals surface area contributed by atoms with Crippen LogP contribution in [0.4, 0.5) is 11.4 Å². The second kappa shape index (κ2) is 11.4. The number of carbonyl (C=O) groups is 3. The predicted molar refractivity (Wildman–Crippen MR) is 129 cm³/mol. The molecule has 1 aromatic heterocycles. The molecule has 3 N–H and O–H groups in total. The highest BCUT2D eigenvalue weighted by molar-refractivity contribution is 6.43. The third kappa shape index (κ3) is 6.86. The Labute approximate surface area is 209 Å². The average molecular weight is 518 g/mol. The number of hydrogen-bond acceptors (Lipinski definition) is 5. The molecule has 34 heavy (non-hydrogen) atoms. The van der Waals surface area contributed by atoms with E-state index in [4.69, 9.17) is 39.2 Å². The van der Waals surface area contributed by atoms with Crippen LogP contribution in [0.1, 0.15) is 11.5 Å². The SMILES string of the molecule is N#C/C(=C/c1ccc(CNC(=O)C(=O)Nc2ccc(Cl)c(Cl)c2)o1)C(=O)Nc1ccc(Cl)cc1. The molecule has 0 saturated carbocycles. The molecule has 1 heterocycles. The Bertz CT molecular complexity index is 1310. The first-order chi connectivity index (χ1) is 16.2. The van der Waals surface area contributed by atoms with Crippen LogP contribution >= 0.6 is 34.8 Å². The minimum atomic E-state index is -0.907. The lowest BCUT2D eigenvalue weighted by Gasteiger charge is -2.06. The summed E-state index contributed by atoms with van der Waals surface area (Å²) in [5, 5.41) is 17.8. The zero-order valence-corrected chi connectivity index (χ0v) is 19.5. The molecule has 11 heteroatoms. The van der Waals surface area contributed by atoms with Gasteiger partial charge in [-0.05, 0) is 54.6 Å². The summed E-state index contributed by atoms with van der Waals surface area (Å²) in [7, 11) is 0. The lowest BCUT2D eigenvalue weighted by atomic mass is 10.2. The molecule has 0 fully saturated rings. The first kappa shape index (κ1) is 24.9. The number of nitriles is 1. The van der Waals surface area contributed by atoms with Crippen molar-refractivity contribution >= 4 is 70.0 Å². The maximum Gasteiger partial charge on any atom is 0.313 e. The lowest BCUT2D eigenvalue weighted by molar-refractivity contribution is -0.136. The van der Waals surface area contributed by atoms with Crippen molar-refractivity contribution in [3.63, 3.8) is 0 Å². The molecule has 3 rings (SSSR count). The summed E-state index contributed by atoms with van der Waals surface area (Å²) in [6.07, 6.45) is 1.26. The monoisotopic (exact) mass is 516 g/mol. The first-order valence-corrected chi connectivity index (χ1v) is 10.7. The number of halogens is 3. The fourth-order valence-corrected chi connectivity index (χ4v) is 3.02. The van der Waals surface area contributed by atoms with Gasteiger partial charge in [-0.2, -0.15) is 5.26 Å². The van der Waals surface area contributed by atoms with Crippen LogP contribution in [0, 0.1) is 11.3 Å². The van der Waals surface area contributed by atoms with Crippen molar-refractivity contribution < 1.29 is 18.8 Å². The highest BCUT2D eigenvalue weighted by atomic mass is 35.5. The van der Waals surface area contributed by atoms with Crippen LogP contribution in [0.5, 0.6) is 0 Å². The number of hydrogen-bond donors (Lipinski definition) is 3. The Hall–Kier alpha value is -3.77. The maximum absolute atomic E-state index is 12.3. The largest absolute Gasteiger partial charge is 0.460 e. The van der Waals surface area contributed by atoms with E-state index >= 15 is 0 Å². The molecule has 0 radical (unpaired) electrons. The second-order valence-corrected chi connectivity index (χ2v) is 7.95. The molecule has 172 valence electrons. The quantitative estimate of drug-likeness (QED) is 0.240. The Balaban J connectivity index is 1.56. The normalized spacial score (nSPS) is 10.8. The molecule has 0 aliphatic carbocycles. The van der Waals surface area contributed by atoms with Crippen molar-refractivity contribution in [1.29, 1.82) is 5.26 Å². The number of carbonyl (C=O) groups excluding carboxylic acids is 3. The minimum absolute atomic E-state index is 0.0969. The molecule has 0 aliphatic heterocycles. The van der Waals surface area contributed by atoms with Crippen molar-refractivity contribution in [3.8, 4) is 6.07 Å². The third-order valence-corrected chi connectivity index (χ3v) is 5.23. The van der Waals surface area contributed by atoms with E-state index in [1.165, 1.54) is 36.4 Å². The number of rotatable bonds is 6. The molecule has 0 spiro atoms. The van der Waals surface area contributed by atoms with Gasteiger partial charge < -0.3 is 20.4 Å². The van der Waals surface area contributed by atoms with Gasteiger partial charge in [0, 0.05) is 22.5 Å². The van der Waals surface area contributed by atoms with Gasteiger partial charge in [0.25, 0.3) is 5.91 Å². The summed E-state index contributed by atoms with van der Waals surface area (Å²) in [6.45, 7) is -0.0969. The van der Waals surface area contributed by atoms with Crippen molar-refractivity contribution in [2.75, 3.05) is 10.6 Å². The van der Waals surface area contributed by atoms with Gasteiger partial charge in [0.15, 0.2) is 0 Å². The fraction of sp³-hybridized carbons (Fsp3) is 0.0435. The van der Waals surface area contributed by atoms with E-state index in [0.29, 0.717) is 27.2 Å². The van der Waals surface area contributed by atoms with Gasteiger partial charge >= 0.3 is 11.8 Å². The van der Waals surface area contributed by atoms with Gasteiger partial charge in [-0.1, -0.05) is 34.8 Å². The molecular formula is C23H15Cl3N4O4. The van der Waals surface area contributed by atoms with E-state index in [1.807, 2.05) is 6.07 Å². The van der Waals surface area contributed by atoms with Crippen LogP contribution in [0.2, 0.25) is 15.1 Å². The number of benzene rings is 2. The Morgan fingerprint density at radius 3 is 2.21 bits per heavy atom. The Morgan fingerprint density at radius 2 is 1.53 bits per heavy atom. The molecular weight excluding hydrogens is 503 g/mol. The van der Waals surface area contributed by atoms with Crippen LogP contribution in [0.25, 0.3) is 6.08 Å². The van der Waals surface area contributed by atoms with Gasteiger partial charge in [-0.15, -0.1) is 0 Å². The summed E-state index contributed by atoms with van der Waals surface area (Å²) in [5.74, 6) is -1.92. The predicted octanol–water partition coefficient (Wildman–Crippen LogP) is 5.04. The Kier molecular flexibility index (Phi) is 8.33. The molecule has 0 bridgehead atoms. The van der Waals surface area contributed by atoms with Gasteiger partial charge in [0.2, 0.25) is 0 Å². The highest BCUT2D eigenvalue weighted by Crippen LogP contribution is 2.25. The van der Waals surface area contributed by atoms with E-state index in [9.17, 15) is 19.6 Å². The molecule has 3 amide bonds. The standard InChI is InChI=1S/C23H15Cl3N4O4/c24-14-1-3-15(4-2-14)29-21(31)13(11-27)9-17-6-7-18(34-17)12-28-22(32)23(33)30-16-5-8-19(25)20(26)10-16/h1-10H,12H2,(H,28,32)(H,29,31)(H,30,33)/b13-9-. The van der Waals surface area contributed by atoms with Gasteiger partial charge in [-0.3, -0.25) is 14.4 Å². The number of nitrogens with one attached hydrogen (secondary N) is 3. The number of anilines is 2. The van der Waals surface area contributed by atoms with Gasteiger partial charge in [0.05, 0.1) is 16.6 Å². The molecule has 0 unspecified atom stereocenters.